The van der Waals surface area contributed by atoms with Crippen LogP contribution < -0.4 is 11.3 Å². The van der Waals surface area contributed by atoms with Crippen molar-refractivity contribution in [3.63, 3.8) is 0 Å². The number of para-hydroxylation sites is 1. The second-order valence-electron chi connectivity index (χ2n) is 5.40. The number of amides is 1. The van der Waals surface area contributed by atoms with Crippen LogP contribution in [0.15, 0.2) is 33.6 Å². The Morgan fingerprint density at radius 2 is 1.96 bits per heavy atom. The Morgan fingerprint density at radius 3 is 2.54 bits per heavy atom. The van der Waals surface area contributed by atoms with Crippen molar-refractivity contribution in [1.82, 2.24) is 14.5 Å². The van der Waals surface area contributed by atoms with Crippen LogP contribution in [0.25, 0.3) is 17.0 Å². The van der Waals surface area contributed by atoms with E-state index in [2.05, 4.69) is 5.16 Å². The Labute approximate surface area is 136 Å². The van der Waals surface area contributed by atoms with E-state index in [-0.39, 0.29) is 22.7 Å². The predicted molar refractivity (Wildman–Crippen MR) is 84.5 cm³/mol. The summed E-state index contributed by atoms with van der Waals surface area (Å²) in [5.74, 6) is -1.12. The summed E-state index contributed by atoms with van der Waals surface area (Å²) in [7, 11) is 1.63. The molecule has 2 N–H and O–H groups in total. The minimum absolute atomic E-state index is 0.0369. The van der Waals surface area contributed by atoms with Crippen LogP contribution in [-0.4, -0.2) is 20.4 Å². The molecule has 124 valence electrons. The molecule has 0 radical (unpaired) electrons. The van der Waals surface area contributed by atoms with Crippen LogP contribution in [0.5, 0.6) is 0 Å². The fourth-order valence-corrected chi connectivity index (χ4v) is 2.66. The molecular weight excluding hydrogens is 315 g/mol. The molecule has 0 aliphatic heterocycles. The van der Waals surface area contributed by atoms with E-state index >= 15 is 0 Å². The monoisotopic (exact) mass is 330 g/mol. The van der Waals surface area contributed by atoms with E-state index < -0.39 is 17.3 Å². The minimum Gasteiger partial charge on any atom is -0.364 e. The van der Waals surface area contributed by atoms with Crippen molar-refractivity contribution in [1.29, 1.82) is 0 Å². The molecule has 0 atom stereocenters. The van der Waals surface area contributed by atoms with E-state index in [1.807, 2.05) is 0 Å². The molecule has 7 nitrogen and oxygen atoms in total. The zero-order valence-corrected chi connectivity index (χ0v) is 13.3. The summed E-state index contributed by atoms with van der Waals surface area (Å²) >= 11 is 0. The number of primary amides is 1. The Morgan fingerprint density at radius 1 is 1.29 bits per heavy atom. The van der Waals surface area contributed by atoms with Gasteiger partial charge in [-0.3, -0.25) is 14.3 Å². The molecule has 24 heavy (non-hydrogen) atoms. The number of aromatic nitrogens is 3. The number of hydrogen-bond acceptors (Lipinski definition) is 4. The third kappa shape index (κ3) is 2.15. The number of carbonyl (C=O) groups excluding carboxylic acids is 1. The molecule has 0 bridgehead atoms. The average molecular weight is 330 g/mol. The SMILES string of the molecule is Cc1c(C(N)=O)noc1-c1c(C)n(C)n(-c2ccccc2F)c1=O. The summed E-state index contributed by atoms with van der Waals surface area (Å²) in [6.07, 6.45) is 0. The van der Waals surface area contributed by atoms with Gasteiger partial charge in [0.25, 0.3) is 11.5 Å². The summed E-state index contributed by atoms with van der Waals surface area (Å²) in [5.41, 5.74) is 5.95. The molecule has 1 aromatic carbocycles. The number of hydrogen-bond donors (Lipinski definition) is 1. The summed E-state index contributed by atoms with van der Waals surface area (Å²) in [4.78, 5) is 24.2. The van der Waals surface area contributed by atoms with Gasteiger partial charge in [0, 0.05) is 18.3 Å². The lowest BCUT2D eigenvalue weighted by Crippen LogP contribution is -2.21. The second-order valence-corrected chi connectivity index (χ2v) is 5.40. The maximum atomic E-state index is 14.1. The topological polar surface area (TPSA) is 96.1 Å². The first kappa shape index (κ1) is 15.7. The maximum absolute atomic E-state index is 14.1. The molecule has 8 heteroatoms. The first-order valence-electron chi connectivity index (χ1n) is 7.14. The molecule has 0 saturated carbocycles. The molecule has 1 amide bonds. The molecule has 0 aliphatic rings. The van der Waals surface area contributed by atoms with Crippen LogP contribution in [-0.2, 0) is 7.05 Å². The summed E-state index contributed by atoms with van der Waals surface area (Å²) < 4.78 is 22.0. The van der Waals surface area contributed by atoms with Gasteiger partial charge in [-0.1, -0.05) is 17.3 Å². The Balaban J connectivity index is 2.30. The average Bonchev–Trinajstić information content (AvgIpc) is 3.00. The van der Waals surface area contributed by atoms with E-state index in [1.54, 1.807) is 33.0 Å². The Bertz CT molecular complexity index is 1010. The normalized spacial score (nSPS) is 11.0. The van der Waals surface area contributed by atoms with Crippen molar-refractivity contribution in [2.75, 3.05) is 0 Å². The predicted octanol–water partition coefficient (Wildman–Crippen LogP) is 1.69. The molecule has 0 spiro atoms. The van der Waals surface area contributed by atoms with Crippen LogP contribution in [0, 0.1) is 19.7 Å². The number of halogens is 1. The van der Waals surface area contributed by atoms with Gasteiger partial charge in [0.1, 0.15) is 17.1 Å². The van der Waals surface area contributed by atoms with Crippen LogP contribution >= 0.6 is 0 Å². The van der Waals surface area contributed by atoms with Gasteiger partial charge in [-0.15, -0.1) is 0 Å². The fourth-order valence-electron chi connectivity index (χ4n) is 2.66. The molecular formula is C16H15FN4O3. The molecule has 0 saturated heterocycles. The number of carbonyl (C=O) groups is 1. The maximum Gasteiger partial charge on any atom is 0.282 e. The number of benzene rings is 1. The molecule has 2 aromatic heterocycles. The van der Waals surface area contributed by atoms with Crippen molar-refractivity contribution in [2.24, 2.45) is 12.8 Å². The number of rotatable bonds is 3. The van der Waals surface area contributed by atoms with Gasteiger partial charge in [0.05, 0.1) is 0 Å². The second kappa shape index (κ2) is 5.48. The summed E-state index contributed by atoms with van der Waals surface area (Å²) in [6, 6.07) is 5.95. The van der Waals surface area contributed by atoms with Gasteiger partial charge in [0.2, 0.25) is 0 Å². The zero-order valence-electron chi connectivity index (χ0n) is 13.3. The summed E-state index contributed by atoms with van der Waals surface area (Å²) in [5, 5.41) is 3.62. The van der Waals surface area contributed by atoms with Gasteiger partial charge in [-0.05, 0) is 26.0 Å². The van der Waals surface area contributed by atoms with E-state index in [4.69, 9.17) is 10.3 Å². The first-order chi connectivity index (χ1) is 11.3. The van der Waals surface area contributed by atoms with Crippen molar-refractivity contribution in [2.45, 2.75) is 13.8 Å². The largest absolute Gasteiger partial charge is 0.364 e. The highest BCUT2D eigenvalue weighted by atomic mass is 19.1. The smallest absolute Gasteiger partial charge is 0.282 e. The van der Waals surface area contributed by atoms with Crippen molar-refractivity contribution < 1.29 is 13.7 Å². The summed E-state index contributed by atoms with van der Waals surface area (Å²) in [6.45, 7) is 3.28. The Hall–Kier alpha value is -3.16. The zero-order chi connectivity index (χ0) is 17.6. The van der Waals surface area contributed by atoms with Gasteiger partial charge in [0.15, 0.2) is 11.5 Å². The molecule has 0 unspecified atom stereocenters. The van der Waals surface area contributed by atoms with Crippen LogP contribution in [0.4, 0.5) is 4.39 Å². The lowest BCUT2D eigenvalue weighted by molar-refractivity contribution is 0.0991. The van der Waals surface area contributed by atoms with Crippen LogP contribution in [0.3, 0.4) is 0 Å². The van der Waals surface area contributed by atoms with Gasteiger partial charge >= 0.3 is 0 Å². The van der Waals surface area contributed by atoms with E-state index in [0.717, 1.165) is 0 Å². The van der Waals surface area contributed by atoms with Crippen LogP contribution in [0.2, 0.25) is 0 Å². The lowest BCUT2D eigenvalue weighted by Gasteiger charge is -2.08. The quantitative estimate of drug-likeness (QED) is 0.790. The third-order valence-electron chi connectivity index (χ3n) is 4.02. The number of nitrogens with two attached hydrogens (primary N) is 1. The fraction of sp³-hybridized carbons (Fsp3) is 0.188. The molecule has 3 aromatic rings. The first-order valence-corrected chi connectivity index (χ1v) is 7.14. The number of nitrogens with zero attached hydrogens (tertiary/aromatic N) is 3. The van der Waals surface area contributed by atoms with Gasteiger partial charge in [-0.25, -0.2) is 9.07 Å². The Kier molecular flexibility index (Phi) is 3.59. The van der Waals surface area contributed by atoms with E-state index in [0.29, 0.717) is 11.3 Å². The van der Waals surface area contributed by atoms with Crippen molar-refractivity contribution >= 4 is 5.91 Å². The third-order valence-corrected chi connectivity index (χ3v) is 4.02. The van der Waals surface area contributed by atoms with Crippen molar-refractivity contribution in [3.8, 4) is 17.0 Å². The highest BCUT2D eigenvalue weighted by Gasteiger charge is 2.26. The standard InChI is InChI=1S/C16H15FN4O3/c1-8-13(15(18)22)19-24-14(8)12-9(2)20(3)21(16(12)23)11-7-5-4-6-10(11)17/h4-7H,1-3H3,(H2,18,22). The molecule has 2 heterocycles. The highest BCUT2D eigenvalue weighted by Crippen LogP contribution is 2.27. The molecule has 3 rings (SSSR count). The lowest BCUT2D eigenvalue weighted by atomic mass is 10.1. The van der Waals surface area contributed by atoms with E-state index in [9.17, 15) is 14.0 Å². The van der Waals surface area contributed by atoms with E-state index in [1.165, 1.54) is 21.5 Å². The molecule has 0 fully saturated rings. The molecule has 0 aliphatic carbocycles. The van der Waals surface area contributed by atoms with Crippen molar-refractivity contribution in [3.05, 3.63) is 57.4 Å². The minimum atomic E-state index is -0.745. The van der Waals surface area contributed by atoms with Gasteiger partial charge in [-0.2, -0.15) is 0 Å². The highest BCUT2D eigenvalue weighted by molar-refractivity contribution is 5.93. The van der Waals surface area contributed by atoms with Crippen LogP contribution in [0.1, 0.15) is 21.7 Å². The van der Waals surface area contributed by atoms with Gasteiger partial charge < -0.3 is 10.3 Å².